The first-order chi connectivity index (χ1) is 8.99. The molecular weight excluding hydrogens is 255 g/mol. The van der Waals surface area contributed by atoms with Crippen LogP contribution in [0.15, 0.2) is 18.3 Å². The molecule has 0 radical (unpaired) electrons. The first-order valence-electron chi connectivity index (χ1n) is 6.41. The van der Waals surface area contributed by atoms with Crippen LogP contribution in [0.1, 0.15) is 18.4 Å². The van der Waals surface area contributed by atoms with E-state index in [0.29, 0.717) is 13.0 Å². The Hall–Kier alpha value is -1.30. The predicted octanol–water partition coefficient (Wildman–Crippen LogP) is 2.90. The average Bonchev–Trinajstić information content (AvgIpc) is 2.38. The molecule has 0 aliphatic carbocycles. The van der Waals surface area contributed by atoms with Crippen molar-refractivity contribution in [2.75, 3.05) is 25.5 Å². The van der Waals surface area contributed by atoms with Crippen LogP contribution in [-0.2, 0) is 6.54 Å². The van der Waals surface area contributed by atoms with E-state index < -0.39 is 12.1 Å². The van der Waals surface area contributed by atoms with Gasteiger partial charge in [-0.15, -0.1) is 0 Å². The van der Waals surface area contributed by atoms with Crippen molar-refractivity contribution in [2.45, 2.75) is 25.6 Å². The number of hydrogen-bond acceptors (Lipinski definition) is 3. The molecule has 0 amide bonds. The Labute approximate surface area is 110 Å². The second-order valence-electron chi connectivity index (χ2n) is 4.92. The minimum atomic E-state index is -4.08. The average molecular weight is 273 g/mol. The van der Waals surface area contributed by atoms with Crippen LogP contribution in [0, 0.1) is 5.92 Å². The molecule has 1 aromatic heterocycles. The third-order valence-electron chi connectivity index (χ3n) is 3.46. The first-order valence-corrected chi connectivity index (χ1v) is 6.41. The van der Waals surface area contributed by atoms with E-state index >= 15 is 0 Å². The molecule has 0 spiro atoms. The molecule has 0 saturated carbocycles. The molecule has 1 aliphatic rings. The van der Waals surface area contributed by atoms with Gasteiger partial charge in [-0.25, -0.2) is 4.98 Å². The van der Waals surface area contributed by atoms with Gasteiger partial charge in [-0.3, -0.25) is 4.90 Å². The molecule has 106 valence electrons. The Morgan fingerprint density at radius 1 is 1.47 bits per heavy atom. The van der Waals surface area contributed by atoms with Crippen LogP contribution in [0.4, 0.5) is 19.0 Å². The zero-order chi connectivity index (χ0) is 13.9. The number of alkyl halides is 3. The van der Waals surface area contributed by atoms with Crippen molar-refractivity contribution in [3.05, 3.63) is 23.9 Å². The third kappa shape index (κ3) is 3.83. The van der Waals surface area contributed by atoms with Gasteiger partial charge >= 0.3 is 6.18 Å². The lowest BCUT2D eigenvalue weighted by Crippen LogP contribution is -2.41. The van der Waals surface area contributed by atoms with Gasteiger partial charge in [0.1, 0.15) is 5.82 Å². The Kier molecular flexibility index (Phi) is 4.29. The Bertz CT molecular complexity index is 420. The molecular formula is C13H18F3N3. The smallest absolute Gasteiger partial charge is 0.373 e. The highest BCUT2D eigenvalue weighted by molar-refractivity contribution is 5.36. The zero-order valence-electron chi connectivity index (χ0n) is 10.9. The van der Waals surface area contributed by atoms with Crippen LogP contribution in [0.2, 0.25) is 0 Å². The minimum absolute atomic E-state index is 0.0979. The van der Waals surface area contributed by atoms with E-state index in [0.717, 1.165) is 17.9 Å². The third-order valence-corrected chi connectivity index (χ3v) is 3.46. The fourth-order valence-corrected chi connectivity index (χ4v) is 2.43. The van der Waals surface area contributed by atoms with E-state index in [1.807, 2.05) is 17.0 Å². The summed E-state index contributed by atoms with van der Waals surface area (Å²) in [4.78, 5) is 5.97. The molecule has 1 aliphatic heterocycles. The van der Waals surface area contributed by atoms with Gasteiger partial charge in [-0.2, -0.15) is 13.2 Å². The van der Waals surface area contributed by atoms with Crippen LogP contribution in [-0.4, -0.2) is 36.2 Å². The van der Waals surface area contributed by atoms with E-state index in [1.54, 1.807) is 13.2 Å². The normalized spacial score (nSPS) is 21.4. The summed E-state index contributed by atoms with van der Waals surface area (Å²) in [6.45, 7) is 1.37. The molecule has 1 atom stereocenters. The van der Waals surface area contributed by atoms with Crippen LogP contribution in [0.3, 0.4) is 0 Å². The highest BCUT2D eigenvalue weighted by Crippen LogP contribution is 2.33. The molecule has 0 aromatic carbocycles. The summed E-state index contributed by atoms with van der Waals surface area (Å²) < 4.78 is 38.2. The van der Waals surface area contributed by atoms with E-state index in [-0.39, 0.29) is 13.0 Å². The predicted molar refractivity (Wildman–Crippen MR) is 67.8 cm³/mol. The Morgan fingerprint density at radius 3 is 2.95 bits per heavy atom. The summed E-state index contributed by atoms with van der Waals surface area (Å²) in [5, 5.41) is 2.93. The van der Waals surface area contributed by atoms with Gasteiger partial charge in [0.05, 0.1) is 5.92 Å². The Balaban J connectivity index is 1.98. The lowest BCUT2D eigenvalue weighted by molar-refractivity contribution is -0.187. The van der Waals surface area contributed by atoms with E-state index in [1.165, 1.54) is 0 Å². The summed E-state index contributed by atoms with van der Waals surface area (Å²) in [7, 11) is 1.77. The van der Waals surface area contributed by atoms with Crippen molar-refractivity contribution < 1.29 is 13.2 Å². The van der Waals surface area contributed by atoms with Crippen molar-refractivity contribution in [2.24, 2.45) is 5.92 Å². The molecule has 0 bridgehead atoms. The summed E-state index contributed by atoms with van der Waals surface area (Å²) >= 11 is 0. The lowest BCUT2D eigenvalue weighted by Gasteiger charge is -2.33. The van der Waals surface area contributed by atoms with Gasteiger partial charge in [-0.1, -0.05) is 0 Å². The number of halogens is 3. The van der Waals surface area contributed by atoms with E-state index in [9.17, 15) is 13.2 Å². The van der Waals surface area contributed by atoms with Crippen molar-refractivity contribution in [3.63, 3.8) is 0 Å². The number of aromatic nitrogens is 1. The van der Waals surface area contributed by atoms with Gasteiger partial charge in [0.25, 0.3) is 0 Å². The summed E-state index contributed by atoms with van der Waals surface area (Å²) in [6.07, 6.45) is -1.55. The maximum absolute atomic E-state index is 12.7. The number of rotatable bonds is 3. The van der Waals surface area contributed by atoms with Crippen LogP contribution < -0.4 is 5.32 Å². The summed E-state index contributed by atoms with van der Waals surface area (Å²) in [5.41, 5.74) is 0.988. The zero-order valence-corrected chi connectivity index (χ0v) is 10.9. The molecule has 3 nitrogen and oxygen atoms in total. The number of piperidine rings is 1. The first kappa shape index (κ1) is 14.1. The standard InChI is InChI=1S/C13H18F3N3/c1-17-12-7-10(4-5-18-12)8-19-6-2-3-11(9-19)13(14,15)16/h4-5,7,11H,2-3,6,8-9H2,1H3,(H,17,18). The molecule has 19 heavy (non-hydrogen) atoms. The Morgan fingerprint density at radius 2 is 2.26 bits per heavy atom. The number of likely N-dealkylation sites (tertiary alicyclic amines) is 1. The topological polar surface area (TPSA) is 28.2 Å². The minimum Gasteiger partial charge on any atom is -0.373 e. The van der Waals surface area contributed by atoms with Crippen LogP contribution in [0.5, 0.6) is 0 Å². The maximum Gasteiger partial charge on any atom is 0.393 e. The van der Waals surface area contributed by atoms with E-state index in [2.05, 4.69) is 10.3 Å². The van der Waals surface area contributed by atoms with Gasteiger partial charge in [0.2, 0.25) is 0 Å². The number of hydrogen-bond donors (Lipinski definition) is 1. The van der Waals surface area contributed by atoms with Gasteiger partial charge in [-0.05, 0) is 37.1 Å². The summed E-state index contributed by atoms with van der Waals surface area (Å²) in [5.74, 6) is -0.450. The fourth-order valence-electron chi connectivity index (χ4n) is 2.43. The van der Waals surface area contributed by atoms with Gasteiger partial charge < -0.3 is 5.32 Å². The highest BCUT2D eigenvalue weighted by atomic mass is 19.4. The number of anilines is 1. The quantitative estimate of drug-likeness (QED) is 0.918. The maximum atomic E-state index is 12.7. The van der Waals surface area contributed by atoms with Crippen LogP contribution >= 0.6 is 0 Å². The molecule has 1 unspecified atom stereocenters. The number of nitrogens with one attached hydrogen (secondary N) is 1. The SMILES string of the molecule is CNc1cc(CN2CCCC(C(F)(F)F)C2)ccn1. The van der Waals surface area contributed by atoms with E-state index in [4.69, 9.17) is 0 Å². The molecule has 1 aromatic rings. The molecule has 1 saturated heterocycles. The largest absolute Gasteiger partial charge is 0.393 e. The number of nitrogens with zero attached hydrogens (tertiary/aromatic N) is 2. The van der Waals surface area contributed by atoms with Gasteiger partial charge in [0, 0.05) is 26.3 Å². The van der Waals surface area contributed by atoms with Gasteiger partial charge in [0.15, 0.2) is 0 Å². The van der Waals surface area contributed by atoms with Crippen molar-refractivity contribution in [3.8, 4) is 0 Å². The molecule has 2 rings (SSSR count). The fraction of sp³-hybridized carbons (Fsp3) is 0.615. The van der Waals surface area contributed by atoms with Crippen molar-refractivity contribution in [1.29, 1.82) is 0 Å². The molecule has 6 heteroatoms. The molecule has 1 fully saturated rings. The number of pyridine rings is 1. The molecule has 1 N–H and O–H groups in total. The highest BCUT2D eigenvalue weighted by Gasteiger charge is 2.41. The van der Waals surface area contributed by atoms with Crippen LogP contribution in [0.25, 0.3) is 0 Å². The van der Waals surface area contributed by atoms with Crippen molar-refractivity contribution >= 4 is 5.82 Å². The summed E-state index contributed by atoms with van der Waals surface area (Å²) in [6, 6.07) is 3.72. The lowest BCUT2D eigenvalue weighted by atomic mass is 9.97. The van der Waals surface area contributed by atoms with Crippen molar-refractivity contribution in [1.82, 2.24) is 9.88 Å². The monoisotopic (exact) mass is 273 g/mol. The molecule has 2 heterocycles. The second-order valence-corrected chi connectivity index (χ2v) is 4.92. The second kappa shape index (κ2) is 5.77.